The Labute approximate surface area is 76.9 Å². The number of nitrogens with two attached hydrogens (primary N) is 1. The van der Waals surface area contributed by atoms with E-state index in [1.165, 1.54) is 5.54 Å². The number of hydrogen-bond donors (Lipinski definition) is 1. The molecule has 0 unspecified atom stereocenters. The van der Waals surface area contributed by atoms with E-state index in [-0.39, 0.29) is 0 Å². The Morgan fingerprint density at radius 1 is 1.73 bits per heavy atom. The molecule has 1 aliphatic heterocycles. The Hall–Kier alpha value is 0.240. The molecule has 0 saturated carbocycles. The van der Waals surface area contributed by atoms with E-state index >= 15 is 0 Å². The van der Waals surface area contributed by atoms with Gasteiger partial charge in [0.15, 0.2) is 0 Å². The minimum Gasteiger partial charge on any atom is -0.326 e. The first-order valence-corrected chi connectivity index (χ1v) is 4.46. The van der Waals surface area contributed by atoms with E-state index < -0.39 is 0 Å². The third-order valence-electron chi connectivity index (χ3n) is 1.80. The summed E-state index contributed by atoms with van der Waals surface area (Å²) in [6, 6.07) is 0.315. The van der Waals surface area contributed by atoms with Gasteiger partial charge in [0, 0.05) is 36.2 Å². The Balaban J connectivity index is 2.28. The van der Waals surface area contributed by atoms with Crippen LogP contribution in [0.1, 0.15) is 6.42 Å². The fraction of sp³-hybridized carbons (Fsp3) is 0.714. The molecule has 0 spiro atoms. The van der Waals surface area contributed by atoms with E-state index in [1.807, 2.05) is 0 Å². The summed E-state index contributed by atoms with van der Waals surface area (Å²) in [5.41, 5.74) is 7.11. The van der Waals surface area contributed by atoms with Crippen molar-refractivity contribution in [3.63, 3.8) is 0 Å². The first-order valence-electron chi connectivity index (χ1n) is 3.65. The van der Waals surface area contributed by atoms with E-state index in [4.69, 9.17) is 28.9 Å². The highest BCUT2D eigenvalue weighted by atomic mass is 35.5. The van der Waals surface area contributed by atoms with Gasteiger partial charge < -0.3 is 5.73 Å². The van der Waals surface area contributed by atoms with Crippen molar-refractivity contribution in [3.05, 3.63) is 10.6 Å². The molecule has 1 fully saturated rings. The molecular weight excluding hydrogens is 183 g/mol. The zero-order valence-corrected chi connectivity index (χ0v) is 7.78. The predicted molar refractivity (Wildman–Crippen MR) is 48.8 cm³/mol. The quantitative estimate of drug-likeness (QED) is 0.720. The lowest BCUT2D eigenvalue weighted by atomic mass is 10.3. The van der Waals surface area contributed by atoms with Gasteiger partial charge in [-0.3, -0.25) is 4.90 Å². The van der Waals surface area contributed by atoms with Gasteiger partial charge in [0.2, 0.25) is 0 Å². The SMILES string of the molecule is N[C@@H]1CCN(C/C(Cl)=C/Cl)C1. The molecule has 0 aromatic carbocycles. The van der Waals surface area contributed by atoms with Crippen LogP contribution < -0.4 is 5.73 Å². The maximum atomic E-state index is 5.74. The monoisotopic (exact) mass is 194 g/mol. The van der Waals surface area contributed by atoms with Crippen molar-refractivity contribution in [1.29, 1.82) is 0 Å². The van der Waals surface area contributed by atoms with Crippen LogP contribution in [0.5, 0.6) is 0 Å². The molecule has 0 aliphatic carbocycles. The van der Waals surface area contributed by atoms with Crippen molar-refractivity contribution < 1.29 is 0 Å². The van der Waals surface area contributed by atoms with Gasteiger partial charge in [0.25, 0.3) is 0 Å². The van der Waals surface area contributed by atoms with Crippen molar-refractivity contribution >= 4 is 23.2 Å². The van der Waals surface area contributed by atoms with Crippen LogP contribution in [0.15, 0.2) is 10.6 Å². The largest absolute Gasteiger partial charge is 0.326 e. The van der Waals surface area contributed by atoms with Gasteiger partial charge in [-0.1, -0.05) is 23.2 Å². The molecule has 1 aliphatic rings. The van der Waals surface area contributed by atoms with Crippen LogP contribution in [0.25, 0.3) is 0 Å². The average Bonchev–Trinajstić information content (AvgIpc) is 2.35. The average molecular weight is 195 g/mol. The standard InChI is InChI=1S/C7H12Cl2N2/c8-3-6(9)4-11-2-1-7(10)5-11/h3,7H,1-2,4-5,10H2/b6-3-/t7-/m1/s1. The Kier molecular flexibility index (Phi) is 3.66. The molecule has 64 valence electrons. The van der Waals surface area contributed by atoms with Crippen molar-refractivity contribution in [2.45, 2.75) is 12.5 Å². The number of likely N-dealkylation sites (tertiary alicyclic amines) is 1. The maximum Gasteiger partial charge on any atom is 0.0434 e. The Morgan fingerprint density at radius 3 is 2.91 bits per heavy atom. The second-order valence-corrected chi connectivity index (χ2v) is 3.54. The molecule has 0 aromatic rings. The number of rotatable bonds is 2. The molecule has 1 rings (SSSR count). The van der Waals surface area contributed by atoms with Gasteiger partial charge in [-0.15, -0.1) is 0 Å². The van der Waals surface area contributed by atoms with Crippen molar-refractivity contribution in [3.8, 4) is 0 Å². The van der Waals surface area contributed by atoms with E-state index in [0.29, 0.717) is 11.1 Å². The smallest absolute Gasteiger partial charge is 0.0434 e. The van der Waals surface area contributed by atoms with Gasteiger partial charge in [0.05, 0.1) is 0 Å². The topological polar surface area (TPSA) is 29.3 Å². The predicted octanol–water partition coefficient (Wildman–Crippen LogP) is 1.34. The second-order valence-electron chi connectivity index (χ2n) is 2.84. The van der Waals surface area contributed by atoms with Gasteiger partial charge in [0.1, 0.15) is 0 Å². The summed E-state index contributed by atoms with van der Waals surface area (Å²) < 4.78 is 0. The fourth-order valence-corrected chi connectivity index (χ4v) is 1.49. The summed E-state index contributed by atoms with van der Waals surface area (Å²) >= 11 is 11.2. The van der Waals surface area contributed by atoms with E-state index in [9.17, 15) is 0 Å². The van der Waals surface area contributed by atoms with Crippen molar-refractivity contribution in [2.24, 2.45) is 5.73 Å². The molecule has 0 radical (unpaired) electrons. The maximum absolute atomic E-state index is 5.74. The summed E-state index contributed by atoms with van der Waals surface area (Å²) in [7, 11) is 0. The van der Waals surface area contributed by atoms with Crippen LogP contribution in [0, 0.1) is 0 Å². The zero-order valence-electron chi connectivity index (χ0n) is 6.26. The number of nitrogens with zero attached hydrogens (tertiary/aromatic N) is 1. The summed E-state index contributed by atoms with van der Waals surface area (Å²) in [6.07, 6.45) is 1.06. The van der Waals surface area contributed by atoms with Crippen molar-refractivity contribution in [2.75, 3.05) is 19.6 Å². The zero-order chi connectivity index (χ0) is 8.27. The number of halogens is 2. The fourth-order valence-electron chi connectivity index (χ4n) is 1.25. The third kappa shape index (κ3) is 2.99. The molecule has 0 amide bonds. The third-order valence-corrected chi connectivity index (χ3v) is 2.41. The van der Waals surface area contributed by atoms with Gasteiger partial charge in [-0.25, -0.2) is 0 Å². The van der Waals surface area contributed by atoms with Crippen LogP contribution >= 0.6 is 23.2 Å². The van der Waals surface area contributed by atoms with Crippen LogP contribution in [-0.4, -0.2) is 30.6 Å². The summed E-state index contributed by atoms with van der Waals surface area (Å²) in [6.45, 7) is 2.70. The Bertz CT molecular complexity index is 159. The van der Waals surface area contributed by atoms with Gasteiger partial charge in [-0.2, -0.15) is 0 Å². The normalized spacial score (nSPS) is 27.9. The van der Waals surface area contributed by atoms with Crippen LogP contribution in [0.2, 0.25) is 0 Å². The molecule has 4 heteroatoms. The molecule has 0 bridgehead atoms. The lowest BCUT2D eigenvalue weighted by molar-refractivity contribution is 0.369. The van der Waals surface area contributed by atoms with Crippen LogP contribution in [0.4, 0.5) is 0 Å². The highest BCUT2D eigenvalue weighted by Crippen LogP contribution is 2.12. The summed E-state index contributed by atoms with van der Waals surface area (Å²) in [4.78, 5) is 2.20. The van der Waals surface area contributed by atoms with Crippen LogP contribution in [-0.2, 0) is 0 Å². The molecule has 1 saturated heterocycles. The van der Waals surface area contributed by atoms with E-state index in [2.05, 4.69) is 4.90 Å². The lowest BCUT2D eigenvalue weighted by Crippen LogP contribution is -2.27. The van der Waals surface area contributed by atoms with Crippen LogP contribution in [0.3, 0.4) is 0 Å². The van der Waals surface area contributed by atoms with Gasteiger partial charge in [-0.05, 0) is 6.42 Å². The first-order chi connectivity index (χ1) is 5.22. The number of hydrogen-bond acceptors (Lipinski definition) is 2. The molecule has 0 aromatic heterocycles. The second kappa shape index (κ2) is 4.31. The molecule has 2 nitrogen and oxygen atoms in total. The van der Waals surface area contributed by atoms with E-state index in [1.54, 1.807) is 0 Å². The van der Waals surface area contributed by atoms with E-state index in [0.717, 1.165) is 26.1 Å². The minimum atomic E-state index is 0.315. The Morgan fingerprint density at radius 2 is 2.45 bits per heavy atom. The highest BCUT2D eigenvalue weighted by molar-refractivity contribution is 6.36. The molecule has 1 atom stereocenters. The van der Waals surface area contributed by atoms with Gasteiger partial charge >= 0.3 is 0 Å². The molecular formula is C7H12Cl2N2. The molecule has 11 heavy (non-hydrogen) atoms. The minimum absolute atomic E-state index is 0.315. The summed E-state index contributed by atoms with van der Waals surface area (Å²) in [5.74, 6) is 0. The molecule has 1 heterocycles. The lowest BCUT2D eigenvalue weighted by Gasteiger charge is -2.13. The highest BCUT2D eigenvalue weighted by Gasteiger charge is 2.18. The summed E-state index contributed by atoms with van der Waals surface area (Å²) in [5, 5.41) is 0.681. The van der Waals surface area contributed by atoms with Crippen molar-refractivity contribution in [1.82, 2.24) is 4.90 Å². The molecule has 2 N–H and O–H groups in total. The first kappa shape index (κ1) is 9.33.